The van der Waals surface area contributed by atoms with Crippen molar-refractivity contribution in [1.29, 1.82) is 0 Å². The van der Waals surface area contributed by atoms with Gasteiger partial charge in [0.1, 0.15) is 5.75 Å². The fourth-order valence-corrected chi connectivity index (χ4v) is 4.65. The van der Waals surface area contributed by atoms with Gasteiger partial charge in [0, 0.05) is 18.0 Å². The van der Waals surface area contributed by atoms with Crippen LogP contribution in [0, 0.1) is 5.41 Å². The zero-order chi connectivity index (χ0) is 16.7. The molecular formula is C20H29NO2. The van der Waals surface area contributed by atoms with Crippen molar-refractivity contribution in [3.63, 3.8) is 0 Å². The standard InChI is InChI=1S/C20H29NO2/c1-5-12-23-13-11-21-10-9-20(4)16-7-6-8-17(22)15(16)14-18(21)19(20,2)3/h5-8,18,22H,1,9-14H2,2-4H3/t18-,20+/m1/s1. The summed E-state index contributed by atoms with van der Waals surface area (Å²) in [5, 5.41) is 10.4. The van der Waals surface area contributed by atoms with E-state index >= 15 is 0 Å². The summed E-state index contributed by atoms with van der Waals surface area (Å²) < 4.78 is 5.60. The summed E-state index contributed by atoms with van der Waals surface area (Å²) in [4.78, 5) is 2.56. The van der Waals surface area contributed by atoms with E-state index in [1.54, 1.807) is 6.08 Å². The summed E-state index contributed by atoms with van der Waals surface area (Å²) >= 11 is 0. The zero-order valence-electron chi connectivity index (χ0n) is 14.6. The number of likely N-dealkylation sites (tertiary alicyclic amines) is 1. The van der Waals surface area contributed by atoms with Gasteiger partial charge in [-0.05, 0) is 42.0 Å². The predicted octanol–water partition coefficient (Wildman–Crippen LogP) is 3.51. The Morgan fingerprint density at radius 2 is 2.17 bits per heavy atom. The number of ether oxygens (including phenoxy) is 1. The molecule has 1 saturated heterocycles. The second kappa shape index (κ2) is 5.95. The molecule has 0 saturated carbocycles. The van der Waals surface area contributed by atoms with Crippen molar-refractivity contribution < 1.29 is 9.84 Å². The number of aromatic hydroxyl groups is 1. The third-order valence-corrected chi connectivity index (χ3v) is 6.50. The van der Waals surface area contributed by atoms with Crippen molar-refractivity contribution in [2.45, 2.75) is 45.1 Å². The Balaban J connectivity index is 1.90. The van der Waals surface area contributed by atoms with Crippen LogP contribution in [0.3, 0.4) is 0 Å². The number of nitrogens with zero attached hydrogens (tertiary/aromatic N) is 1. The van der Waals surface area contributed by atoms with Crippen LogP contribution in [0.5, 0.6) is 5.75 Å². The molecule has 1 N–H and O–H groups in total. The van der Waals surface area contributed by atoms with Gasteiger partial charge in [-0.1, -0.05) is 39.0 Å². The Labute approximate surface area is 140 Å². The molecule has 126 valence electrons. The highest BCUT2D eigenvalue weighted by molar-refractivity contribution is 5.48. The van der Waals surface area contributed by atoms with E-state index in [1.165, 1.54) is 5.56 Å². The van der Waals surface area contributed by atoms with Crippen LogP contribution in [-0.2, 0) is 16.6 Å². The van der Waals surface area contributed by atoms with Gasteiger partial charge in [0.05, 0.1) is 13.2 Å². The minimum atomic E-state index is 0.114. The maximum atomic E-state index is 10.4. The largest absolute Gasteiger partial charge is 0.508 e. The first-order valence-electron chi connectivity index (χ1n) is 8.66. The molecular weight excluding hydrogens is 286 g/mol. The third kappa shape index (κ3) is 2.50. The number of benzene rings is 1. The molecule has 1 fully saturated rings. The lowest BCUT2D eigenvalue weighted by Crippen LogP contribution is -2.64. The minimum Gasteiger partial charge on any atom is -0.508 e. The third-order valence-electron chi connectivity index (χ3n) is 6.50. The average Bonchev–Trinajstić information content (AvgIpc) is 2.50. The number of rotatable bonds is 5. The molecule has 2 bridgehead atoms. The van der Waals surface area contributed by atoms with Crippen LogP contribution >= 0.6 is 0 Å². The fraction of sp³-hybridized carbons (Fsp3) is 0.600. The molecule has 3 heteroatoms. The van der Waals surface area contributed by atoms with Gasteiger partial charge < -0.3 is 9.84 Å². The van der Waals surface area contributed by atoms with E-state index in [2.05, 4.69) is 38.3 Å². The summed E-state index contributed by atoms with van der Waals surface area (Å²) in [6.07, 6.45) is 3.84. The maximum Gasteiger partial charge on any atom is 0.119 e. The summed E-state index contributed by atoms with van der Waals surface area (Å²) in [7, 11) is 0. The molecule has 1 aromatic rings. The van der Waals surface area contributed by atoms with Gasteiger partial charge in [-0.15, -0.1) is 6.58 Å². The molecule has 0 aromatic heterocycles. The van der Waals surface area contributed by atoms with Crippen LogP contribution in [0.25, 0.3) is 0 Å². The number of hydrogen-bond acceptors (Lipinski definition) is 3. The molecule has 3 nitrogen and oxygen atoms in total. The lowest BCUT2D eigenvalue weighted by atomic mass is 9.51. The molecule has 2 atom stereocenters. The van der Waals surface area contributed by atoms with E-state index < -0.39 is 0 Å². The summed E-state index contributed by atoms with van der Waals surface area (Å²) in [5.41, 5.74) is 2.78. The molecule has 0 amide bonds. The van der Waals surface area contributed by atoms with Crippen molar-refractivity contribution in [2.24, 2.45) is 5.41 Å². The fourth-order valence-electron chi connectivity index (χ4n) is 4.65. The molecule has 1 aliphatic carbocycles. The van der Waals surface area contributed by atoms with Crippen LogP contribution in [0.1, 0.15) is 38.3 Å². The quantitative estimate of drug-likeness (QED) is 0.667. The Kier molecular flexibility index (Phi) is 4.28. The van der Waals surface area contributed by atoms with Crippen LogP contribution in [0.2, 0.25) is 0 Å². The van der Waals surface area contributed by atoms with Gasteiger partial charge in [-0.25, -0.2) is 0 Å². The molecule has 0 radical (unpaired) electrons. The number of phenols is 1. The SMILES string of the molecule is C=CCOCCN1CC[C@@]2(C)c3cccc(O)c3C[C@@H]1C2(C)C. The predicted molar refractivity (Wildman–Crippen MR) is 93.9 cm³/mol. The normalized spacial score (nSPS) is 29.1. The van der Waals surface area contributed by atoms with Gasteiger partial charge in [0.2, 0.25) is 0 Å². The molecule has 23 heavy (non-hydrogen) atoms. The first kappa shape index (κ1) is 16.5. The lowest BCUT2D eigenvalue weighted by Gasteiger charge is -2.61. The van der Waals surface area contributed by atoms with Gasteiger partial charge in [-0.3, -0.25) is 4.90 Å². The Bertz CT molecular complexity index is 595. The van der Waals surface area contributed by atoms with Gasteiger partial charge in [0.25, 0.3) is 0 Å². The van der Waals surface area contributed by atoms with Crippen molar-refractivity contribution in [2.75, 3.05) is 26.3 Å². The van der Waals surface area contributed by atoms with Crippen LogP contribution in [-0.4, -0.2) is 42.4 Å². The highest BCUT2D eigenvalue weighted by Crippen LogP contribution is 2.56. The minimum absolute atomic E-state index is 0.114. The smallest absolute Gasteiger partial charge is 0.119 e. The molecule has 1 aromatic carbocycles. The van der Waals surface area contributed by atoms with Crippen LogP contribution in [0.4, 0.5) is 0 Å². The van der Waals surface area contributed by atoms with Crippen molar-refractivity contribution in [1.82, 2.24) is 4.90 Å². The van der Waals surface area contributed by atoms with E-state index in [9.17, 15) is 5.11 Å². The Hall–Kier alpha value is -1.32. The van der Waals surface area contributed by atoms with Crippen LogP contribution in [0.15, 0.2) is 30.9 Å². The van der Waals surface area contributed by atoms with Crippen molar-refractivity contribution in [3.8, 4) is 5.75 Å². The molecule has 2 aliphatic rings. The highest BCUT2D eigenvalue weighted by atomic mass is 16.5. The first-order valence-corrected chi connectivity index (χ1v) is 8.66. The maximum absolute atomic E-state index is 10.4. The highest BCUT2D eigenvalue weighted by Gasteiger charge is 2.56. The van der Waals surface area contributed by atoms with E-state index in [0.717, 1.165) is 38.1 Å². The lowest BCUT2D eigenvalue weighted by molar-refractivity contribution is -0.0473. The summed E-state index contributed by atoms with van der Waals surface area (Å²) in [6.45, 7) is 14.2. The van der Waals surface area contributed by atoms with E-state index in [-0.39, 0.29) is 10.8 Å². The van der Waals surface area contributed by atoms with Gasteiger partial charge >= 0.3 is 0 Å². The van der Waals surface area contributed by atoms with Crippen molar-refractivity contribution in [3.05, 3.63) is 42.0 Å². The Morgan fingerprint density at radius 3 is 2.91 bits per heavy atom. The second-order valence-corrected chi connectivity index (χ2v) is 7.73. The first-order chi connectivity index (χ1) is 10.9. The molecule has 0 spiro atoms. The molecule has 0 unspecified atom stereocenters. The zero-order valence-corrected chi connectivity index (χ0v) is 14.6. The molecule has 1 aliphatic heterocycles. The summed E-state index contributed by atoms with van der Waals surface area (Å²) in [5.74, 6) is 0.457. The number of fused-ring (bicyclic) bond motifs is 4. The van der Waals surface area contributed by atoms with Gasteiger partial charge in [0.15, 0.2) is 0 Å². The van der Waals surface area contributed by atoms with E-state index in [4.69, 9.17) is 4.74 Å². The summed E-state index contributed by atoms with van der Waals surface area (Å²) in [6, 6.07) is 6.48. The number of piperidine rings is 1. The van der Waals surface area contributed by atoms with Crippen LogP contribution < -0.4 is 0 Å². The molecule has 1 heterocycles. The average molecular weight is 315 g/mol. The van der Waals surface area contributed by atoms with E-state index in [1.807, 2.05) is 12.1 Å². The van der Waals surface area contributed by atoms with Gasteiger partial charge in [-0.2, -0.15) is 0 Å². The van der Waals surface area contributed by atoms with E-state index in [0.29, 0.717) is 18.4 Å². The topological polar surface area (TPSA) is 32.7 Å². The van der Waals surface area contributed by atoms with Crippen molar-refractivity contribution >= 4 is 0 Å². The Morgan fingerprint density at radius 1 is 1.39 bits per heavy atom. The number of phenolic OH excluding ortho intramolecular Hbond substituents is 1. The number of hydrogen-bond donors (Lipinski definition) is 1. The second-order valence-electron chi connectivity index (χ2n) is 7.73. The molecule has 3 rings (SSSR count). The monoisotopic (exact) mass is 315 g/mol.